The molecule has 0 aromatic carbocycles. The molecule has 0 unspecified atom stereocenters. The molecule has 0 aliphatic rings. The van der Waals surface area contributed by atoms with Gasteiger partial charge in [0, 0.05) is 21.1 Å². The van der Waals surface area contributed by atoms with Crippen LogP contribution in [0.15, 0.2) is 6.20 Å². The SMILES string of the molecule is CN(C)c1nc(N)nc(-c2cnnn2C)n1. The third-order valence-corrected chi connectivity index (χ3v) is 1.98. The molecule has 0 aliphatic carbocycles. The number of anilines is 2. The van der Waals surface area contributed by atoms with Gasteiger partial charge in [0.2, 0.25) is 11.9 Å². The molecule has 0 atom stereocenters. The van der Waals surface area contributed by atoms with Gasteiger partial charge in [0.05, 0.1) is 6.20 Å². The Labute approximate surface area is 92.1 Å². The minimum Gasteiger partial charge on any atom is -0.368 e. The van der Waals surface area contributed by atoms with Gasteiger partial charge in [0.25, 0.3) is 0 Å². The number of nitrogens with zero attached hydrogens (tertiary/aromatic N) is 7. The molecule has 0 spiro atoms. The van der Waals surface area contributed by atoms with Crippen molar-refractivity contribution in [3.05, 3.63) is 6.20 Å². The Morgan fingerprint density at radius 2 is 2.00 bits per heavy atom. The molecular formula is C8H12N8. The molecule has 0 amide bonds. The average molecular weight is 220 g/mol. The van der Waals surface area contributed by atoms with Crippen LogP contribution in [-0.4, -0.2) is 44.0 Å². The number of hydrogen-bond donors (Lipinski definition) is 1. The summed E-state index contributed by atoms with van der Waals surface area (Å²) in [5.74, 6) is 1.14. The highest BCUT2D eigenvalue weighted by atomic mass is 15.4. The van der Waals surface area contributed by atoms with Gasteiger partial charge in [0.15, 0.2) is 5.82 Å². The molecule has 2 N–H and O–H groups in total. The normalized spacial score (nSPS) is 10.4. The van der Waals surface area contributed by atoms with Crippen molar-refractivity contribution >= 4 is 11.9 Å². The Morgan fingerprint density at radius 3 is 2.56 bits per heavy atom. The van der Waals surface area contributed by atoms with Gasteiger partial charge < -0.3 is 10.6 Å². The first-order valence-corrected chi connectivity index (χ1v) is 4.62. The quantitative estimate of drug-likeness (QED) is 0.715. The highest BCUT2D eigenvalue weighted by molar-refractivity contribution is 5.52. The summed E-state index contributed by atoms with van der Waals surface area (Å²) in [6.45, 7) is 0. The van der Waals surface area contributed by atoms with Crippen LogP contribution in [0.25, 0.3) is 11.5 Å². The van der Waals surface area contributed by atoms with Gasteiger partial charge in [-0.2, -0.15) is 15.0 Å². The number of hydrogen-bond acceptors (Lipinski definition) is 7. The maximum atomic E-state index is 5.61. The maximum Gasteiger partial charge on any atom is 0.230 e. The molecule has 16 heavy (non-hydrogen) atoms. The van der Waals surface area contributed by atoms with E-state index >= 15 is 0 Å². The van der Waals surface area contributed by atoms with Crippen LogP contribution in [-0.2, 0) is 7.05 Å². The predicted molar refractivity (Wildman–Crippen MR) is 58.6 cm³/mol. The first-order chi connectivity index (χ1) is 7.58. The molecule has 0 radical (unpaired) electrons. The lowest BCUT2D eigenvalue weighted by Crippen LogP contribution is -2.15. The summed E-state index contributed by atoms with van der Waals surface area (Å²) >= 11 is 0. The standard InChI is InChI=1S/C8H12N8/c1-15(2)8-12-6(11-7(9)13-8)5-4-10-14-16(5)3/h4H,1-3H3,(H2,9,11,12,13). The van der Waals surface area contributed by atoms with E-state index in [1.807, 2.05) is 14.1 Å². The van der Waals surface area contributed by atoms with Crippen molar-refractivity contribution in [2.75, 3.05) is 24.7 Å². The lowest BCUT2D eigenvalue weighted by atomic mass is 10.4. The summed E-state index contributed by atoms with van der Waals surface area (Å²) in [6.07, 6.45) is 1.58. The fourth-order valence-electron chi connectivity index (χ4n) is 1.19. The highest BCUT2D eigenvalue weighted by Crippen LogP contribution is 2.15. The van der Waals surface area contributed by atoms with Gasteiger partial charge >= 0.3 is 0 Å². The lowest BCUT2D eigenvalue weighted by Gasteiger charge is -2.10. The Morgan fingerprint density at radius 1 is 1.25 bits per heavy atom. The van der Waals surface area contributed by atoms with Gasteiger partial charge in [-0.25, -0.2) is 4.68 Å². The van der Waals surface area contributed by atoms with Gasteiger partial charge in [-0.15, -0.1) is 5.10 Å². The van der Waals surface area contributed by atoms with Gasteiger partial charge in [-0.1, -0.05) is 5.21 Å². The summed E-state index contributed by atoms with van der Waals surface area (Å²) in [4.78, 5) is 14.1. The first-order valence-electron chi connectivity index (χ1n) is 4.62. The monoisotopic (exact) mass is 220 g/mol. The van der Waals surface area contributed by atoms with Crippen molar-refractivity contribution in [3.8, 4) is 11.5 Å². The van der Waals surface area contributed by atoms with E-state index in [0.29, 0.717) is 17.5 Å². The van der Waals surface area contributed by atoms with E-state index in [2.05, 4.69) is 25.3 Å². The van der Waals surface area contributed by atoms with Crippen LogP contribution in [0.1, 0.15) is 0 Å². The zero-order chi connectivity index (χ0) is 11.7. The zero-order valence-electron chi connectivity index (χ0n) is 9.29. The van der Waals surface area contributed by atoms with E-state index in [1.54, 1.807) is 22.8 Å². The Bertz CT molecular complexity index is 502. The molecular weight excluding hydrogens is 208 g/mol. The minimum atomic E-state index is 0.176. The van der Waals surface area contributed by atoms with E-state index < -0.39 is 0 Å². The molecule has 2 aromatic rings. The minimum absolute atomic E-state index is 0.176. The van der Waals surface area contributed by atoms with Crippen molar-refractivity contribution in [1.82, 2.24) is 29.9 Å². The van der Waals surface area contributed by atoms with Crippen LogP contribution in [0.3, 0.4) is 0 Å². The molecule has 8 nitrogen and oxygen atoms in total. The van der Waals surface area contributed by atoms with Crippen LogP contribution >= 0.6 is 0 Å². The van der Waals surface area contributed by atoms with Crippen LogP contribution in [0, 0.1) is 0 Å². The Hall–Kier alpha value is -2.25. The zero-order valence-corrected chi connectivity index (χ0v) is 9.29. The van der Waals surface area contributed by atoms with E-state index in [9.17, 15) is 0 Å². The summed E-state index contributed by atoms with van der Waals surface area (Å²) in [5, 5.41) is 7.57. The molecule has 2 heterocycles. The number of aromatic nitrogens is 6. The summed E-state index contributed by atoms with van der Waals surface area (Å²) in [5.41, 5.74) is 6.31. The molecule has 8 heteroatoms. The van der Waals surface area contributed by atoms with Crippen molar-refractivity contribution in [2.45, 2.75) is 0 Å². The van der Waals surface area contributed by atoms with Crippen LogP contribution in [0.2, 0.25) is 0 Å². The van der Waals surface area contributed by atoms with Crippen LogP contribution in [0.4, 0.5) is 11.9 Å². The largest absolute Gasteiger partial charge is 0.368 e. The molecule has 0 fully saturated rings. The van der Waals surface area contributed by atoms with E-state index in [4.69, 9.17) is 5.73 Å². The fourth-order valence-corrected chi connectivity index (χ4v) is 1.19. The molecule has 2 rings (SSSR count). The lowest BCUT2D eigenvalue weighted by molar-refractivity contribution is 0.716. The average Bonchev–Trinajstić information content (AvgIpc) is 2.63. The number of aryl methyl sites for hydroxylation is 1. The predicted octanol–water partition coefficient (Wildman–Crippen LogP) is -0.685. The van der Waals surface area contributed by atoms with Crippen molar-refractivity contribution in [2.24, 2.45) is 7.05 Å². The topological polar surface area (TPSA) is 98.6 Å². The second kappa shape index (κ2) is 3.72. The second-order valence-electron chi connectivity index (χ2n) is 3.45. The summed E-state index contributed by atoms with van der Waals surface area (Å²) < 4.78 is 1.58. The van der Waals surface area contributed by atoms with Crippen LogP contribution < -0.4 is 10.6 Å². The Balaban J connectivity index is 2.54. The van der Waals surface area contributed by atoms with Crippen molar-refractivity contribution in [1.29, 1.82) is 0 Å². The van der Waals surface area contributed by atoms with Crippen LogP contribution in [0.5, 0.6) is 0 Å². The van der Waals surface area contributed by atoms with Gasteiger partial charge in [0.1, 0.15) is 5.69 Å². The number of nitrogens with two attached hydrogens (primary N) is 1. The van der Waals surface area contributed by atoms with Gasteiger partial charge in [-0.3, -0.25) is 0 Å². The number of nitrogen functional groups attached to an aromatic ring is 1. The van der Waals surface area contributed by atoms with E-state index in [1.165, 1.54) is 0 Å². The van der Waals surface area contributed by atoms with Crippen molar-refractivity contribution < 1.29 is 0 Å². The molecule has 0 saturated carbocycles. The first kappa shape index (κ1) is 10.3. The smallest absolute Gasteiger partial charge is 0.230 e. The maximum absolute atomic E-state index is 5.61. The second-order valence-corrected chi connectivity index (χ2v) is 3.45. The third kappa shape index (κ3) is 1.76. The molecule has 0 bridgehead atoms. The highest BCUT2D eigenvalue weighted by Gasteiger charge is 2.11. The molecule has 84 valence electrons. The van der Waals surface area contributed by atoms with E-state index in [-0.39, 0.29) is 5.95 Å². The summed E-state index contributed by atoms with van der Waals surface area (Å²) in [7, 11) is 5.43. The van der Waals surface area contributed by atoms with Gasteiger partial charge in [-0.05, 0) is 0 Å². The third-order valence-electron chi connectivity index (χ3n) is 1.98. The summed E-state index contributed by atoms with van der Waals surface area (Å²) in [6, 6.07) is 0. The number of rotatable bonds is 2. The molecule has 2 aromatic heterocycles. The van der Waals surface area contributed by atoms with Crippen molar-refractivity contribution in [3.63, 3.8) is 0 Å². The molecule has 0 saturated heterocycles. The Kier molecular flexibility index (Phi) is 2.39. The fraction of sp³-hybridized carbons (Fsp3) is 0.375. The molecule has 0 aliphatic heterocycles. The van der Waals surface area contributed by atoms with E-state index in [0.717, 1.165) is 0 Å².